The molecule has 0 bridgehead atoms. The molecule has 8 nitrogen and oxygen atoms in total. The first-order valence-electron chi connectivity index (χ1n) is 9.66. The van der Waals surface area contributed by atoms with Crippen molar-refractivity contribution in [2.45, 2.75) is 25.4 Å². The number of aromatic nitrogens is 2. The van der Waals surface area contributed by atoms with E-state index in [0.29, 0.717) is 27.2 Å². The van der Waals surface area contributed by atoms with Gasteiger partial charge in [0.2, 0.25) is 0 Å². The lowest BCUT2D eigenvalue weighted by Gasteiger charge is -2.12. The number of esters is 2. The van der Waals surface area contributed by atoms with Gasteiger partial charge in [0.15, 0.2) is 5.69 Å². The standard InChI is InChI=1S/C22H22N4O4S/c1-4-29-15(27)12-26-19(22(28)30-5-2)18(24)17-16(13-9-7-6-8-10-13)14(11-23)21(31-3)25-20(17)26/h6-10H,4-5,12,24H2,1-3H3. The molecule has 3 aromatic rings. The second-order valence-electron chi connectivity index (χ2n) is 6.42. The van der Waals surface area contributed by atoms with Crippen LogP contribution in [0.1, 0.15) is 29.9 Å². The quantitative estimate of drug-likeness (QED) is 0.439. The molecule has 2 heterocycles. The Morgan fingerprint density at radius 3 is 2.45 bits per heavy atom. The van der Waals surface area contributed by atoms with Crippen molar-refractivity contribution < 1.29 is 19.1 Å². The Labute approximate surface area is 183 Å². The molecule has 0 fully saturated rings. The molecule has 31 heavy (non-hydrogen) atoms. The highest BCUT2D eigenvalue weighted by molar-refractivity contribution is 7.98. The highest BCUT2D eigenvalue weighted by atomic mass is 32.2. The molecular formula is C22H22N4O4S. The van der Waals surface area contributed by atoms with Gasteiger partial charge in [-0.15, -0.1) is 11.8 Å². The van der Waals surface area contributed by atoms with Crippen LogP contribution in [0.3, 0.4) is 0 Å². The van der Waals surface area contributed by atoms with E-state index in [-0.39, 0.29) is 31.1 Å². The Kier molecular flexibility index (Phi) is 6.82. The van der Waals surface area contributed by atoms with Crippen LogP contribution in [0.5, 0.6) is 0 Å². The average Bonchev–Trinajstić information content (AvgIpc) is 3.04. The van der Waals surface area contributed by atoms with Crippen molar-refractivity contribution in [2.24, 2.45) is 0 Å². The molecule has 2 N–H and O–H groups in total. The van der Waals surface area contributed by atoms with Crippen molar-refractivity contribution in [3.05, 3.63) is 41.6 Å². The van der Waals surface area contributed by atoms with Crippen LogP contribution in [0.4, 0.5) is 5.69 Å². The molecule has 1 aromatic carbocycles. The number of carbonyl (C=O) groups is 2. The van der Waals surface area contributed by atoms with Crippen LogP contribution in [0, 0.1) is 11.3 Å². The Balaban J connectivity index is 2.46. The highest BCUT2D eigenvalue weighted by Crippen LogP contribution is 2.41. The molecule has 0 aliphatic heterocycles. The molecule has 0 saturated heterocycles. The van der Waals surface area contributed by atoms with Crippen LogP contribution in [-0.4, -0.2) is 41.0 Å². The lowest BCUT2D eigenvalue weighted by Crippen LogP contribution is -2.20. The Morgan fingerprint density at radius 2 is 1.87 bits per heavy atom. The summed E-state index contributed by atoms with van der Waals surface area (Å²) in [6, 6.07) is 11.5. The summed E-state index contributed by atoms with van der Waals surface area (Å²) >= 11 is 1.30. The monoisotopic (exact) mass is 438 g/mol. The summed E-state index contributed by atoms with van der Waals surface area (Å²) in [5, 5.41) is 10.8. The molecule has 0 aliphatic carbocycles. The minimum absolute atomic E-state index is 0.0109. The third-order valence-corrected chi connectivity index (χ3v) is 5.31. The van der Waals surface area contributed by atoms with E-state index in [2.05, 4.69) is 11.1 Å². The van der Waals surface area contributed by atoms with E-state index in [1.165, 1.54) is 16.3 Å². The number of ether oxygens (including phenoxy) is 2. The number of anilines is 1. The van der Waals surface area contributed by atoms with E-state index >= 15 is 0 Å². The van der Waals surface area contributed by atoms with Gasteiger partial charge < -0.3 is 19.8 Å². The molecule has 0 unspecified atom stereocenters. The summed E-state index contributed by atoms with van der Waals surface area (Å²) in [5.74, 6) is -1.21. The van der Waals surface area contributed by atoms with Gasteiger partial charge in [-0.25, -0.2) is 9.78 Å². The van der Waals surface area contributed by atoms with Gasteiger partial charge in [0.05, 0.1) is 29.9 Å². The fourth-order valence-corrected chi connectivity index (χ4v) is 3.96. The SMILES string of the molecule is CCOC(=O)Cn1c(C(=O)OCC)c(N)c2c(-c3ccccc3)c(C#N)c(SC)nc21. The average molecular weight is 439 g/mol. The summed E-state index contributed by atoms with van der Waals surface area (Å²) in [7, 11) is 0. The Bertz CT molecular complexity index is 1180. The van der Waals surface area contributed by atoms with Gasteiger partial charge in [-0.1, -0.05) is 30.3 Å². The zero-order valence-corrected chi connectivity index (χ0v) is 18.3. The molecule has 0 aliphatic rings. The summed E-state index contributed by atoms with van der Waals surface area (Å²) in [6.07, 6.45) is 1.80. The molecule has 0 radical (unpaired) electrons. The molecular weight excluding hydrogens is 416 g/mol. The van der Waals surface area contributed by atoms with E-state index < -0.39 is 11.9 Å². The number of nitrogens with two attached hydrogens (primary N) is 1. The predicted molar refractivity (Wildman–Crippen MR) is 119 cm³/mol. The molecule has 9 heteroatoms. The van der Waals surface area contributed by atoms with Gasteiger partial charge in [-0.05, 0) is 25.7 Å². The molecule has 2 aromatic heterocycles. The largest absolute Gasteiger partial charge is 0.465 e. The van der Waals surface area contributed by atoms with Crippen LogP contribution < -0.4 is 5.73 Å². The number of hydrogen-bond donors (Lipinski definition) is 1. The fraction of sp³-hybridized carbons (Fsp3) is 0.273. The molecule has 0 atom stereocenters. The van der Waals surface area contributed by atoms with Gasteiger partial charge in [-0.2, -0.15) is 5.26 Å². The number of benzene rings is 1. The second kappa shape index (κ2) is 9.53. The second-order valence-corrected chi connectivity index (χ2v) is 7.22. The number of carbonyl (C=O) groups excluding carboxylic acids is 2. The van der Waals surface area contributed by atoms with E-state index in [1.54, 1.807) is 20.1 Å². The molecule has 0 amide bonds. The first-order valence-corrected chi connectivity index (χ1v) is 10.9. The number of hydrogen-bond acceptors (Lipinski definition) is 8. The van der Waals surface area contributed by atoms with Gasteiger partial charge in [0, 0.05) is 5.56 Å². The number of nitrogen functional groups attached to an aromatic ring is 1. The highest BCUT2D eigenvalue weighted by Gasteiger charge is 2.29. The topological polar surface area (TPSA) is 120 Å². The summed E-state index contributed by atoms with van der Waals surface area (Å²) < 4.78 is 11.7. The molecule has 3 rings (SSSR count). The molecule has 160 valence electrons. The van der Waals surface area contributed by atoms with Gasteiger partial charge in [0.25, 0.3) is 0 Å². The zero-order valence-electron chi connectivity index (χ0n) is 17.5. The minimum atomic E-state index is -0.675. The van der Waals surface area contributed by atoms with Crippen LogP contribution in [0.15, 0.2) is 35.4 Å². The maximum absolute atomic E-state index is 12.8. The van der Waals surface area contributed by atoms with E-state index in [9.17, 15) is 14.9 Å². The normalized spacial score (nSPS) is 10.6. The van der Waals surface area contributed by atoms with Crippen LogP contribution in [0.25, 0.3) is 22.2 Å². The third-order valence-electron chi connectivity index (χ3n) is 4.62. The first kappa shape index (κ1) is 22.2. The van der Waals surface area contributed by atoms with Gasteiger partial charge in [0.1, 0.15) is 23.3 Å². The van der Waals surface area contributed by atoms with Gasteiger partial charge >= 0.3 is 11.9 Å². The lowest BCUT2D eigenvalue weighted by atomic mass is 9.98. The lowest BCUT2D eigenvalue weighted by molar-refractivity contribution is -0.143. The van der Waals surface area contributed by atoms with Crippen molar-refractivity contribution in [3.8, 4) is 17.2 Å². The van der Waals surface area contributed by atoms with Crippen molar-refractivity contribution in [3.63, 3.8) is 0 Å². The number of fused-ring (bicyclic) bond motifs is 1. The number of pyridine rings is 1. The van der Waals surface area contributed by atoms with Crippen molar-refractivity contribution in [2.75, 3.05) is 25.2 Å². The maximum atomic E-state index is 12.8. The number of thioether (sulfide) groups is 1. The Morgan fingerprint density at radius 1 is 1.19 bits per heavy atom. The zero-order chi connectivity index (χ0) is 22.5. The van der Waals surface area contributed by atoms with Crippen molar-refractivity contribution >= 4 is 40.4 Å². The summed E-state index contributed by atoms with van der Waals surface area (Å²) in [4.78, 5) is 29.7. The minimum Gasteiger partial charge on any atom is -0.465 e. The first-order chi connectivity index (χ1) is 15.0. The smallest absolute Gasteiger partial charge is 0.357 e. The van der Waals surface area contributed by atoms with Crippen LogP contribution in [-0.2, 0) is 20.8 Å². The number of rotatable bonds is 7. The van der Waals surface area contributed by atoms with Crippen LogP contribution in [0.2, 0.25) is 0 Å². The third kappa shape index (κ3) is 4.07. The molecule has 0 spiro atoms. The van der Waals surface area contributed by atoms with Crippen molar-refractivity contribution in [1.82, 2.24) is 9.55 Å². The summed E-state index contributed by atoms with van der Waals surface area (Å²) in [5.41, 5.74) is 8.53. The Hall–Kier alpha value is -3.51. The van der Waals surface area contributed by atoms with Crippen molar-refractivity contribution in [1.29, 1.82) is 5.26 Å². The number of nitriles is 1. The predicted octanol–water partition coefficient (Wildman–Crippen LogP) is 3.62. The van der Waals surface area contributed by atoms with E-state index in [1.807, 2.05) is 30.3 Å². The molecule has 0 saturated carbocycles. The van der Waals surface area contributed by atoms with E-state index in [4.69, 9.17) is 15.2 Å². The van der Waals surface area contributed by atoms with Gasteiger partial charge in [-0.3, -0.25) is 4.79 Å². The summed E-state index contributed by atoms with van der Waals surface area (Å²) in [6.45, 7) is 3.44. The fourth-order valence-electron chi connectivity index (χ4n) is 3.43. The maximum Gasteiger partial charge on any atom is 0.357 e. The van der Waals surface area contributed by atoms with E-state index in [0.717, 1.165) is 5.56 Å². The van der Waals surface area contributed by atoms with Crippen LogP contribution >= 0.6 is 11.8 Å². The number of nitrogens with zero attached hydrogens (tertiary/aromatic N) is 3.